The Bertz CT molecular complexity index is 4.75. The van der Waals surface area contributed by atoms with Crippen molar-refractivity contribution >= 4 is 0 Å². The van der Waals surface area contributed by atoms with Crippen molar-refractivity contribution in [3.63, 3.8) is 0 Å². The molecule has 0 radical (unpaired) electrons. The summed E-state index contributed by atoms with van der Waals surface area (Å²) in [7, 11) is 0. The highest BCUT2D eigenvalue weighted by Gasteiger charge is 0.934. The molecule has 0 spiro atoms. The van der Waals surface area contributed by atoms with Crippen molar-refractivity contribution in [3.8, 4) is 12.8 Å². The lowest BCUT2D eigenvalue weighted by atomic mass is 11.0. The Hall–Kier alpha value is -0.440. The lowest BCUT2D eigenvalue weighted by Gasteiger charge is -1.07. The van der Waals surface area contributed by atoms with Crippen LogP contribution in [-0.4, -0.2) is 0 Å². The van der Waals surface area contributed by atoms with Crippen LogP contribution >= 0.6 is 0 Å². The van der Waals surface area contributed by atoms with Crippen molar-refractivity contribution in [3.05, 3.63) is 0 Å². The van der Waals surface area contributed by atoms with E-state index < -0.39 is 0 Å². The summed E-state index contributed by atoms with van der Waals surface area (Å²) in [5.74, 6) is 0. The Balaban J connectivity index is -0.0000000225. The van der Waals surface area contributed by atoms with Gasteiger partial charge in [0.15, 0.2) is 0 Å². The van der Waals surface area contributed by atoms with Crippen LogP contribution in [0.1, 0.15) is 27.7 Å². The van der Waals surface area contributed by atoms with E-state index in [-0.39, 0.29) is 0 Å². The summed E-state index contributed by atoms with van der Waals surface area (Å²) >= 11 is 0. The molecule has 0 saturated carbocycles. The molecule has 0 aromatic rings. The lowest BCUT2D eigenvalue weighted by molar-refractivity contribution is 1.50. The molecule has 0 aromatic carbocycles. The van der Waals surface area contributed by atoms with Gasteiger partial charge in [-0.3, -0.25) is 0 Å². The Labute approximate surface area is 41.6 Å². The highest BCUT2D eigenvalue weighted by Crippen LogP contribution is 1.15. The summed E-state index contributed by atoms with van der Waals surface area (Å²) in [5, 5.41) is 0. The second kappa shape index (κ2) is 299. The Morgan fingerprint density at radius 3 is 0.667 bits per heavy atom. The minimum Gasteiger partial charge on any atom is -0.124 e. The van der Waals surface area contributed by atoms with E-state index in [4.69, 9.17) is 0 Å². The van der Waals surface area contributed by atoms with Gasteiger partial charge in [-0.15, -0.1) is 12.8 Å². The van der Waals surface area contributed by atoms with Crippen molar-refractivity contribution in [1.29, 1.82) is 0 Å². The number of rotatable bonds is 0. The second-order valence-corrected chi connectivity index (χ2v) is 0. The molecule has 0 aliphatic rings. The maximum atomic E-state index is 4.00. The number of terminal acetylenes is 1. The molecule has 0 amide bonds. The van der Waals surface area contributed by atoms with Crippen LogP contribution in [0.15, 0.2) is 0 Å². The molecule has 6 heavy (non-hydrogen) atoms. The van der Waals surface area contributed by atoms with Crippen LogP contribution in [0.3, 0.4) is 0 Å². The van der Waals surface area contributed by atoms with Gasteiger partial charge in [0.05, 0.1) is 0 Å². The largest absolute Gasteiger partial charge is 0.124 e. The van der Waals surface area contributed by atoms with Gasteiger partial charge in [0.25, 0.3) is 0 Å². The molecule has 0 rings (SSSR count). The molecule has 0 aromatic heterocycles. The van der Waals surface area contributed by atoms with Crippen LogP contribution in [0.4, 0.5) is 0 Å². The Morgan fingerprint density at radius 1 is 0.667 bits per heavy atom. The van der Waals surface area contributed by atoms with Crippen LogP contribution in [-0.2, 0) is 0 Å². The number of hydrogen-bond donors (Lipinski definition) is 0. The van der Waals surface area contributed by atoms with Crippen molar-refractivity contribution in [2.75, 3.05) is 0 Å². The third-order valence-corrected chi connectivity index (χ3v) is 0. The van der Waals surface area contributed by atoms with E-state index in [9.17, 15) is 0 Å². The zero-order valence-electron chi connectivity index (χ0n) is 5.15. The van der Waals surface area contributed by atoms with Gasteiger partial charge in [0.2, 0.25) is 0 Å². The van der Waals surface area contributed by atoms with Gasteiger partial charge in [-0.1, -0.05) is 27.7 Å². The van der Waals surface area contributed by atoms with Crippen LogP contribution in [0.2, 0.25) is 0 Å². The molecule has 0 nitrogen and oxygen atoms in total. The third kappa shape index (κ3) is 121. The average Bonchev–Trinajstić information content (AvgIpc) is 1.81. The van der Waals surface area contributed by atoms with Gasteiger partial charge in [-0.2, -0.15) is 0 Å². The van der Waals surface area contributed by atoms with Gasteiger partial charge < -0.3 is 0 Å². The van der Waals surface area contributed by atoms with E-state index in [1.54, 1.807) is 0 Å². The SMILES string of the molecule is C#C.CC.CC. The van der Waals surface area contributed by atoms with E-state index in [0.29, 0.717) is 0 Å². The van der Waals surface area contributed by atoms with Crippen molar-refractivity contribution < 1.29 is 0 Å². The standard InChI is InChI=1S/2C2H6.C2H2/c3*1-2/h2*1-2H3;1-2H. The summed E-state index contributed by atoms with van der Waals surface area (Å²) in [4.78, 5) is 0. The first-order chi connectivity index (χ1) is 3.00. The van der Waals surface area contributed by atoms with Gasteiger partial charge in [0, 0.05) is 0 Å². The molecule has 0 heteroatoms. The summed E-state index contributed by atoms with van der Waals surface area (Å²) in [6.07, 6.45) is 8.00. The molecule has 38 valence electrons. The maximum Gasteiger partial charge on any atom is -0.0683 e. The summed E-state index contributed by atoms with van der Waals surface area (Å²) < 4.78 is 0. The smallest absolute Gasteiger partial charge is 0.0683 e. The molecule has 0 fully saturated rings. The van der Waals surface area contributed by atoms with Gasteiger partial charge in [-0.05, 0) is 0 Å². The zero-order valence-corrected chi connectivity index (χ0v) is 5.15. The minimum absolute atomic E-state index is 2.00. The van der Waals surface area contributed by atoms with E-state index in [2.05, 4.69) is 12.8 Å². The van der Waals surface area contributed by atoms with Gasteiger partial charge in [-0.25, -0.2) is 0 Å². The predicted molar refractivity (Wildman–Crippen MR) is 32.6 cm³/mol. The van der Waals surface area contributed by atoms with E-state index >= 15 is 0 Å². The van der Waals surface area contributed by atoms with Crippen LogP contribution < -0.4 is 0 Å². The molecule has 0 bridgehead atoms. The summed E-state index contributed by atoms with van der Waals surface area (Å²) in [5.41, 5.74) is 0. The summed E-state index contributed by atoms with van der Waals surface area (Å²) in [6.45, 7) is 8.00. The topological polar surface area (TPSA) is 0 Å². The van der Waals surface area contributed by atoms with Crippen molar-refractivity contribution in [1.82, 2.24) is 0 Å². The Morgan fingerprint density at radius 2 is 0.667 bits per heavy atom. The molecule has 0 aliphatic carbocycles. The average molecular weight is 86.2 g/mol. The van der Waals surface area contributed by atoms with Crippen molar-refractivity contribution in [2.45, 2.75) is 27.7 Å². The molecular weight excluding hydrogens is 72.1 g/mol. The first-order valence-electron chi connectivity index (χ1n) is 2.33. The fourth-order valence-electron chi connectivity index (χ4n) is 0. The molecule has 0 saturated heterocycles. The predicted octanol–water partition coefficient (Wildman–Crippen LogP) is 2.30. The lowest BCUT2D eigenvalue weighted by Crippen LogP contribution is -0.856. The highest BCUT2D eigenvalue weighted by molar-refractivity contribution is 4.47. The normalized spacial score (nSPS) is 2.33. The number of hydrogen-bond acceptors (Lipinski definition) is 0. The zero-order chi connectivity index (χ0) is 6.00. The summed E-state index contributed by atoms with van der Waals surface area (Å²) in [6, 6.07) is 0. The second-order valence-electron chi connectivity index (χ2n) is 0. The monoisotopic (exact) mass is 86.1 g/mol. The molecule has 0 heterocycles. The van der Waals surface area contributed by atoms with Gasteiger partial charge >= 0.3 is 0 Å². The molecule has 0 unspecified atom stereocenters. The van der Waals surface area contributed by atoms with E-state index in [1.807, 2.05) is 27.7 Å². The minimum atomic E-state index is 2.00. The molecule has 0 atom stereocenters. The maximum absolute atomic E-state index is 4.00. The van der Waals surface area contributed by atoms with Crippen LogP contribution in [0, 0.1) is 12.8 Å². The van der Waals surface area contributed by atoms with Crippen molar-refractivity contribution in [2.24, 2.45) is 0 Å². The fourth-order valence-corrected chi connectivity index (χ4v) is 0. The van der Waals surface area contributed by atoms with E-state index in [1.165, 1.54) is 0 Å². The molecule has 0 aliphatic heterocycles. The molecule has 0 N–H and O–H groups in total. The fraction of sp³-hybridized carbons (Fsp3) is 0.667. The van der Waals surface area contributed by atoms with Gasteiger partial charge in [0.1, 0.15) is 0 Å². The molecular formula is C6H14. The first kappa shape index (κ1) is 17.6. The van der Waals surface area contributed by atoms with Crippen LogP contribution in [0.25, 0.3) is 0 Å². The third-order valence-electron chi connectivity index (χ3n) is 0. The highest BCUT2D eigenvalue weighted by atomic mass is 13.0. The quantitative estimate of drug-likeness (QED) is 0.397. The van der Waals surface area contributed by atoms with Crippen LogP contribution in [0.5, 0.6) is 0 Å². The first-order valence-corrected chi connectivity index (χ1v) is 2.33. The Kier molecular flexibility index (Phi) is 878. The van der Waals surface area contributed by atoms with E-state index in [0.717, 1.165) is 0 Å².